The van der Waals surface area contributed by atoms with Gasteiger partial charge in [0.15, 0.2) is 0 Å². The van der Waals surface area contributed by atoms with E-state index in [2.05, 4.69) is 19.1 Å². The zero-order valence-corrected chi connectivity index (χ0v) is 22.3. The van der Waals surface area contributed by atoms with Crippen LogP contribution < -0.4 is 9.47 Å². The number of halogens is 2. The van der Waals surface area contributed by atoms with Crippen LogP contribution in [0.2, 0.25) is 0 Å². The molecule has 0 saturated carbocycles. The van der Waals surface area contributed by atoms with Crippen molar-refractivity contribution >= 4 is 58.2 Å². The van der Waals surface area contributed by atoms with E-state index in [1.807, 2.05) is 53.6 Å². The molecule has 0 fully saturated rings. The highest BCUT2D eigenvalue weighted by Gasteiger charge is 2.26. The maximum Gasteiger partial charge on any atom is 0.340 e. The number of rotatable bonds is 8. The lowest BCUT2D eigenvalue weighted by Crippen LogP contribution is -2.10. The van der Waals surface area contributed by atoms with Gasteiger partial charge in [-0.25, -0.2) is 4.79 Å². The third-order valence-corrected chi connectivity index (χ3v) is 8.95. The van der Waals surface area contributed by atoms with Crippen molar-refractivity contribution in [3.63, 3.8) is 0 Å². The number of fused-ring (bicyclic) bond motifs is 1. The van der Waals surface area contributed by atoms with Gasteiger partial charge in [0.05, 0.1) is 20.0 Å². The molecule has 33 heavy (non-hydrogen) atoms. The number of aryl methyl sites for hydroxylation is 2. The van der Waals surface area contributed by atoms with Crippen LogP contribution in [0.3, 0.4) is 0 Å². The highest BCUT2D eigenvalue weighted by molar-refractivity contribution is 14.2. The summed E-state index contributed by atoms with van der Waals surface area (Å²) in [6.45, 7) is 7.13. The summed E-state index contributed by atoms with van der Waals surface area (Å²) >= 11 is 7.52. The summed E-state index contributed by atoms with van der Waals surface area (Å²) in [5, 5.41) is 2.01. The second-order valence-electron chi connectivity index (χ2n) is 7.56. The average molecular weight is 595 g/mol. The Morgan fingerprint density at radius 3 is 2.42 bits per heavy atom. The van der Waals surface area contributed by atoms with Crippen molar-refractivity contribution in [3.05, 3.63) is 84.6 Å². The number of esters is 1. The predicted octanol–water partition coefficient (Wildman–Crippen LogP) is 7.13. The van der Waals surface area contributed by atoms with Crippen LogP contribution in [0.15, 0.2) is 51.9 Å². The molecule has 1 aromatic heterocycles. The van der Waals surface area contributed by atoms with Crippen molar-refractivity contribution in [1.82, 2.24) is 0 Å². The van der Waals surface area contributed by atoms with Gasteiger partial charge in [-0.15, -0.1) is 11.3 Å². The molecule has 0 atom stereocenters. The Labute approximate surface area is 212 Å². The highest BCUT2D eigenvalue weighted by Crippen LogP contribution is 2.39. The summed E-state index contributed by atoms with van der Waals surface area (Å²) in [5.74, 6) is 1.21. The largest absolute Gasteiger partial charge is 0.489 e. The Bertz CT molecular complexity index is 1240. The first-order chi connectivity index (χ1) is 16.0. The summed E-state index contributed by atoms with van der Waals surface area (Å²) in [6.07, 6.45) is 0. The number of ether oxygens (including phenoxy) is 3. The second-order valence-corrected chi connectivity index (χ2v) is 11.8. The third-order valence-electron chi connectivity index (χ3n) is 5.13. The topological polar surface area (TPSA) is 44.8 Å². The molecular formula is C26H24ClIO4S. The van der Waals surface area contributed by atoms with Crippen molar-refractivity contribution in [2.75, 3.05) is 6.61 Å². The normalized spacial score (nSPS) is 12.7. The smallest absolute Gasteiger partial charge is 0.340 e. The number of hydrogen-bond acceptors (Lipinski definition) is 5. The van der Waals surface area contributed by atoms with E-state index in [0.717, 1.165) is 41.6 Å². The molecule has 4 nitrogen and oxygen atoms in total. The molecular weight excluding hydrogens is 571 g/mol. The lowest BCUT2D eigenvalue weighted by Gasteiger charge is -2.14. The first kappa shape index (κ1) is 24.0. The molecule has 0 amide bonds. The lowest BCUT2D eigenvalue weighted by atomic mass is 10.1. The zero-order chi connectivity index (χ0) is 23.4. The Morgan fingerprint density at radius 2 is 1.73 bits per heavy atom. The van der Waals surface area contributed by atoms with Crippen molar-refractivity contribution in [1.29, 1.82) is 0 Å². The summed E-state index contributed by atoms with van der Waals surface area (Å²) in [6, 6.07) is 14.1. The van der Waals surface area contributed by atoms with Crippen LogP contribution in [0, 0.1) is 13.8 Å². The molecule has 0 spiro atoms. The van der Waals surface area contributed by atoms with E-state index in [-0.39, 0.29) is 5.97 Å². The zero-order valence-electron chi connectivity index (χ0n) is 18.6. The monoisotopic (exact) mass is 594 g/mol. The molecule has 1 aliphatic heterocycles. The molecule has 172 valence electrons. The van der Waals surface area contributed by atoms with Gasteiger partial charge in [-0.1, -0.05) is 56.6 Å². The first-order valence-corrected chi connectivity index (χ1v) is 14.1. The van der Waals surface area contributed by atoms with Crippen LogP contribution in [0.25, 0.3) is 5.57 Å². The van der Waals surface area contributed by atoms with Crippen molar-refractivity contribution in [2.45, 2.75) is 34.0 Å². The van der Waals surface area contributed by atoms with E-state index in [0.29, 0.717) is 25.4 Å². The second kappa shape index (κ2) is 10.8. The fraction of sp³-hybridized carbons (Fsp3) is 0.231. The van der Waals surface area contributed by atoms with E-state index in [9.17, 15) is 4.79 Å². The number of hydrogen-bond donors (Lipinski definition) is 0. The Hall–Kier alpha value is -2.16. The molecule has 0 radical (unpaired) electrons. The molecule has 2 aromatic carbocycles. The number of thiophene rings is 1. The summed E-state index contributed by atoms with van der Waals surface area (Å²) in [7, 11) is 0. The van der Waals surface area contributed by atoms with E-state index < -0.39 is 20.7 Å². The molecule has 2 heterocycles. The van der Waals surface area contributed by atoms with Crippen LogP contribution in [-0.4, -0.2) is 15.5 Å². The number of benzene rings is 2. The standard InChI is InChI=1S/C26H24ClIO4S/c1-4-30-26(29)22-12-28-25(27)23-19(15-33-24(22)23)14-32-21-10-16(2)9-20(11-21)31-13-18-8-6-5-7-17(18)3/h5-12,15H,4,13-14H2,1-3H3. The Morgan fingerprint density at radius 1 is 1.03 bits per heavy atom. The SMILES string of the molecule is CCOC(=O)C1=CI=C(Cl)c2c(COc3cc(C)cc(OCc4ccccc4C)c3)csc21. The minimum absolute atomic E-state index is 0.286. The van der Waals surface area contributed by atoms with Crippen molar-refractivity contribution in [2.24, 2.45) is 0 Å². The van der Waals surface area contributed by atoms with Crippen LogP contribution >= 0.6 is 43.7 Å². The molecule has 4 rings (SSSR count). The summed E-state index contributed by atoms with van der Waals surface area (Å²) in [5.41, 5.74) is 5.97. The molecule has 0 unspecified atom stereocenters. The lowest BCUT2D eigenvalue weighted by molar-refractivity contribution is -0.136. The van der Waals surface area contributed by atoms with Gasteiger partial charge in [0.1, 0.15) is 24.7 Å². The van der Waals surface area contributed by atoms with Crippen LogP contribution in [-0.2, 0) is 22.7 Å². The molecule has 0 bridgehead atoms. The van der Waals surface area contributed by atoms with Gasteiger partial charge in [-0.05, 0) is 59.1 Å². The van der Waals surface area contributed by atoms with Gasteiger partial charge in [0.25, 0.3) is 0 Å². The van der Waals surface area contributed by atoms with Gasteiger partial charge < -0.3 is 14.2 Å². The minimum Gasteiger partial charge on any atom is -0.489 e. The van der Waals surface area contributed by atoms with Gasteiger partial charge in [0, 0.05) is 17.2 Å². The van der Waals surface area contributed by atoms with E-state index in [4.69, 9.17) is 25.8 Å². The Balaban J connectivity index is 1.48. The minimum atomic E-state index is -0.570. The van der Waals surface area contributed by atoms with Crippen LogP contribution in [0.4, 0.5) is 0 Å². The fourth-order valence-corrected chi connectivity index (χ4v) is 7.52. The fourth-order valence-electron chi connectivity index (χ4n) is 3.43. The number of carbonyl (C=O) groups excluding carboxylic acids is 1. The number of carbonyl (C=O) groups is 1. The molecule has 1 aliphatic rings. The molecule has 3 aromatic rings. The maximum absolute atomic E-state index is 12.4. The van der Waals surface area contributed by atoms with Crippen LogP contribution in [0.5, 0.6) is 11.5 Å². The van der Waals surface area contributed by atoms with E-state index >= 15 is 0 Å². The molecule has 7 heteroatoms. The van der Waals surface area contributed by atoms with Crippen molar-refractivity contribution < 1.29 is 19.0 Å². The highest BCUT2D eigenvalue weighted by atomic mass is 127. The molecule has 0 saturated heterocycles. The summed E-state index contributed by atoms with van der Waals surface area (Å²) in [4.78, 5) is 13.2. The Kier molecular flexibility index (Phi) is 7.88. The van der Waals surface area contributed by atoms with Gasteiger partial charge in [-0.2, -0.15) is 0 Å². The van der Waals surface area contributed by atoms with Gasteiger partial charge >= 0.3 is 5.97 Å². The molecule has 0 N–H and O–H groups in total. The quantitative estimate of drug-likeness (QED) is 0.206. The maximum atomic E-state index is 12.4. The van der Waals surface area contributed by atoms with Gasteiger partial charge in [0.2, 0.25) is 0 Å². The average Bonchev–Trinajstić information content (AvgIpc) is 3.22. The summed E-state index contributed by atoms with van der Waals surface area (Å²) < 4.78 is 20.2. The molecule has 0 aliphatic carbocycles. The van der Waals surface area contributed by atoms with Gasteiger partial charge in [-0.3, -0.25) is 0 Å². The van der Waals surface area contributed by atoms with Crippen molar-refractivity contribution in [3.8, 4) is 11.5 Å². The third kappa shape index (κ3) is 5.67. The van der Waals surface area contributed by atoms with E-state index in [1.165, 1.54) is 16.9 Å². The van der Waals surface area contributed by atoms with Crippen LogP contribution in [0.1, 0.15) is 39.6 Å². The predicted molar refractivity (Wildman–Crippen MR) is 144 cm³/mol. The van der Waals surface area contributed by atoms with E-state index in [1.54, 1.807) is 0 Å². The first-order valence-electron chi connectivity index (χ1n) is 10.5.